The Bertz CT molecular complexity index is 748. The molecular formula is C19H30N3O4S+. The molecule has 1 unspecified atom stereocenters. The van der Waals surface area contributed by atoms with E-state index in [0.717, 1.165) is 18.7 Å². The van der Waals surface area contributed by atoms with E-state index in [2.05, 4.69) is 0 Å². The van der Waals surface area contributed by atoms with Crippen LogP contribution in [0.4, 0.5) is 0 Å². The summed E-state index contributed by atoms with van der Waals surface area (Å²) in [6, 6.07) is 6.90. The van der Waals surface area contributed by atoms with Gasteiger partial charge in [-0.15, -0.1) is 0 Å². The number of morpholine rings is 1. The third kappa shape index (κ3) is 4.87. The number of ether oxygens (including phenoxy) is 1. The number of aryl methyl sites for hydroxylation is 1. The number of hydrogen-bond acceptors (Lipinski definition) is 4. The summed E-state index contributed by atoms with van der Waals surface area (Å²) in [4.78, 5) is 16.0. The van der Waals surface area contributed by atoms with Gasteiger partial charge in [0.05, 0.1) is 4.90 Å². The molecule has 0 radical (unpaired) electrons. The van der Waals surface area contributed by atoms with Crippen molar-refractivity contribution in [3.63, 3.8) is 0 Å². The van der Waals surface area contributed by atoms with Gasteiger partial charge in [-0.25, -0.2) is 8.42 Å². The molecule has 2 aliphatic heterocycles. The summed E-state index contributed by atoms with van der Waals surface area (Å²) in [7, 11) is -3.50. The van der Waals surface area contributed by atoms with Crippen molar-refractivity contribution < 1.29 is 22.8 Å². The number of nitrogens with one attached hydrogen (secondary N) is 1. The van der Waals surface area contributed by atoms with Gasteiger partial charge in [0.15, 0.2) is 6.54 Å². The van der Waals surface area contributed by atoms with E-state index in [1.165, 1.54) is 9.21 Å². The summed E-state index contributed by atoms with van der Waals surface area (Å²) in [6.07, 6.45) is 0.320. The number of nitrogens with zero attached hydrogens (tertiary/aromatic N) is 2. The van der Waals surface area contributed by atoms with Gasteiger partial charge in [-0.3, -0.25) is 4.79 Å². The zero-order valence-electron chi connectivity index (χ0n) is 16.3. The van der Waals surface area contributed by atoms with Crippen molar-refractivity contribution in [3.05, 3.63) is 29.8 Å². The summed E-state index contributed by atoms with van der Waals surface area (Å²) < 4.78 is 32.7. The lowest BCUT2D eigenvalue weighted by Gasteiger charge is -2.36. The number of rotatable bonds is 4. The molecule has 1 N–H and O–H groups in total. The van der Waals surface area contributed by atoms with Gasteiger partial charge in [0.25, 0.3) is 5.91 Å². The molecule has 0 saturated carbocycles. The molecule has 3 rings (SSSR count). The van der Waals surface area contributed by atoms with Crippen LogP contribution in [0.1, 0.15) is 19.4 Å². The molecule has 0 aromatic heterocycles. The second-order valence-corrected chi connectivity index (χ2v) is 9.63. The maximum atomic E-state index is 12.8. The minimum absolute atomic E-state index is 0.0960. The number of sulfonamides is 1. The average molecular weight is 397 g/mol. The minimum atomic E-state index is -3.50. The zero-order chi connectivity index (χ0) is 19.6. The Morgan fingerprint density at radius 2 is 1.63 bits per heavy atom. The highest BCUT2D eigenvalue weighted by Gasteiger charge is 2.33. The molecule has 2 saturated heterocycles. The molecule has 1 aromatic rings. The molecular weight excluding hydrogens is 366 g/mol. The third-order valence-electron chi connectivity index (χ3n) is 5.27. The van der Waals surface area contributed by atoms with E-state index in [4.69, 9.17) is 4.74 Å². The van der Waals surface area contributed by atoms with Crippen molar-refractivity contribution in [2.45, 2.75) is 37.9 Å². The smallest absolute Gasteiger partial charge is 0.277 e. The van der Waals surface area contributed by atoms with E-state index in [-0.39, 0.29) is 18.1 Å². The van der Waals surface area contributed by atoms with Gasteiger partial charge in [0, 0.05) is 26.2 Å². The van der Waals surface area contributed by atoms with Crippen molar-refractivity contribution in [2.24, 2.45) is 0 Å². The highest BCUT2D eigenvalue weighted by atomic mass is 32.2. The second-order valence-electron chi connectivity index (χ2n) is 7.69. The highest BCUT2D eigenvalue weighted by molar-refractivity contribution is 7.89. The van der Waals surface area contributed by atoms with Crippen LogP contribution in [0.25, 0.3) is 0 Å². The molecule has 1 aromatic carbocycles. The summed E-state index contributed by atoms with van der Waals surface area (Å²) in [6.45, 7) is 9.68. The average Bonchev–Trinajstić information content (AvgIpc) is 2.61. The molecule has 27 heavy (non-hydrogen) atoms. The number of carbonyl (C=O) groups excluding carboxylic acids is 1. The lowest BCUT2D eigenvalue weighted by atomic mass is 10.2. The summed E-state index contributed by atoms with van der Waals surface area (Å²) >= 11 is 0. The van der Waals surface area contributed by atoms with Crippen LogP contribution in [0, 0.1) is 6.92 Å². The molecule has 1 amide bonds. The fourth-order valence-electron chi connectivity index (χ4n) is 3.90. The SMILES string of the molecule is Cc1ccc(S(=O)(=O)N2CCN(C(=O)C[NH+]3C[C@@H](C)O[C@@H](C)C3)CC2)cc1. The number of carbonyl (C=O) groups is 1. The summed E-state index contributed by atoms with van der Waals surface area (Å²) in [5.41, 5.74) is 1.03. The Hall–Kier alpha value is -1.48. The Balaban J connectivity index is 1.55. The standard InChI is InChI=1S/C19H29N3O4S/c1-15-4-6-18(7-5-15)27(24,25)22-10-8-21(9-11-22)19(23)14-20-12-16(2)26-17(3)13-20/h4-7,16-17H,8-14H2,1-3H3/p+1/t16-,17+. The number of quaternary nitrogens is 1. The van der Waals surface area contributed by atoms with Crippen LogP contribution in [0.15, 0.2) is 29.2 Å². The predicted octanol–water partition coefficient (Wildman–Crippen LogP) is -0.480. The fourth-order valence-corrected chi connectivity index (χ4v) is 5.32. The van der Waals surface area contributed by atoms with E-state index in [9.17, 15) is 13.2 Å². The first kappa shape index (κ1) is 20.3. The van der Waals surface area contributed by atoms with Gasteiger partial charge < -0.3 is 14.5 Å². The zero-order valence-corrected chi connectivity index (χ0v) is 17.2. The van der Waals surface area contributed by atoms with E-state index < -0.39 is 10.0 Å². The van der Waals surface area contributed by atoms with Crippen molar-refractivity contribution >= 4 is 15.9 Å². The topological polar surface area (TPSA) is 71.4 Å². The van der Waals surface area contributed by atoms with E-state index in [1.54, 1.807) is 29.2 Å². The Labute approximate surface area is 161 Å². The van der Waals surface area contributed by atoms with Crippen molar-refractivity contribution in [1.82, 2.24) is 9.21 Å². The number of benzene rings is 1. The van der Waals surface area contributed by atoms with E-state index in [1.807, 2.05) is 20.8 Å². The molecule has 0 bridgehead atoms. The van der Waals surface area contributed by atoms with E-state index >= 15 is 0 Å². The van der Waals surface area contributed by atoms with Gasteiger partial charge in [-0.05, 0) is 32.9 Å². The highest BCUT2D eigenvalue weighted by Crippen LogP contribution is 2.18. The minimum Gasteiger partial charge on any atom is -0.364 e. The van der Waals surface area contributed by atoms with E-state index in [0.29, 0.717) is 37.6 Å². The number of amides is 1. The Morgan fingerprint density at radius 1 is 1.07 bits per heavy atom. The largest absolute Gasteiger partial charge is 0.364 e. The maximum Gasteiger partial charge on any atom is 0.277 e. The monoisotopic (exact) mass is 396 g/mol. The van der Waals surface area contributed by atoms with Gasteiger partial charge in [0.1, 0.15) is 25.3 Å². The quantitative estimate of drug-likeness (QED) is 0.746. The second kappa shape index (κ2) is 8.26. The normalized spacial score (nSPS) is 27.5. The lowest BCUT2D eigenvalue weighted by molar-refractivity contribution is -0.907. The maximum absolute atomic E-state index is 12.8. The molecule has 2 fully saturated rings. The van der Waals surface area contributed by atoms with Crippen LogP contribution in [0.2, 0.25) is 0 Å². The lowest BCUT2D eigenvalue weighted by Crippen LogP contribution is -3.16. The molecule has 150 valence electrons. The molecule has 8 heteroatoms. The van der Waals surface area contributed by atoms with Gasteiger partial charge in [-0.2, -0.15) is 4.31 Å². The predicted molar refractivity (Wildman–Crippen MR) is 102 cm³/mol. The van der Waals surface area contributed by atoms with Crippen molar-refractivity contribution in [2.75, 3.05) is 45.8 Å². The molecule has 0 aliphatic carbocycles. The molecule has 7 nitrogen and oxygen atoms in total. The number of hydrogen-bond donors (Lipinski definition) is 1. The van der Waals surface area contributed by atoms with Gasteiger partial charge in [-0.1, -0.05) is 17.7 Å². The Kier molecular flexibility index (Phi) is 6.20. The fraction of sp³-hybridized carbons (Fsp3) is 0.632. The molecule has 2 heterocycles. The van der Waals surface area contributed by atoms with Crippen LogP contribution in [-0.2, 0) is 19.6 Å². The number of piperazine rings is 1. The molecule has 2 aliphatic rings. The molecule has 3 atom stereocenters. The van der Waals surface area contributed by atoms with Crippen LogP contribution < -0.4 is 4.90 Å². The first-order chi connectivity index (χ1) is 12.8. The van der Waals surface area contributed by atoms with Crippen LogP contribution in [-0.4, -0.2) is 81.6 Å². The van der Waals surface area contributed by atoms with Crippen LogP contribution >= 0.6 is 0 Å². The summed E-state index contributed by atoms with van der Waals surface area (Å²) in [5.74, 6) is 0.0960. The van der Waals surface area contributed by atoms with Crippen molar-refractivity contribution in [1.29, 1.82) is 0 Å². The molecule has 0 spiro atoms. The van der Waals surface area contributed by atoms with Crippen molar-refractivity contribution in [3.8, 4) is 0 Å². The Morgan fingerprint density at radius 3 is 2.19 bits per heavy atom. The third-order valence-corrected chi connectivity index (χ3v) is 7.18. The summed E-state index contributed by atoms with van der Waals surface area (Å²) in [5, 5.41) is 0. The first-order valence-electron chi connectivity index (χ1n) is 9.59. The van der Waals surface area contributed by atoms with Crippen LogP contribution in [0.5, 0.6) is 0 Å². The van der Waals surface area contributed by atoms with Crippen LogP contribution in [0.3, 0.4) is 0 Å². The first-order valence-corrected chi connectivity index (χ1v) is 11.0. The van der Waals surface area contributed by atoms with Gasteiger partial charge >= 0.3 is 0 Å². The van der Waals surface area contributed by atoms with Gasteiger partial charge in [0.2, 0.25) is 10.0 Å².